The van der Waals surface area contributed by atoms with Crippen LogP contribution in [0.15, 0.2) is 24.7 Å². The third kappa shape index (κ3) is 7.05. The molecule has 0 aliphatic carbocycles. The van der Waals surface area contributed by atoms with Gasteiger partial charge in [0, 0.05) is 28.6 Å². The fourth-order valence-corrected chi connectivity index (χ4v) is 5.34. The van der Waals surface area contributed by atoms with Crippen molar-refractivity contribution in [3.05, 3.63) is 45.2 Å². The largest absolute Gasteiger partial charge is 0.444 e. The van der Waals surface area contributed by atoms with Crippen molar-refractivity contribution in [1.82, 2.24) is 19.4 Å². The van der Waals surface area contributed by atoms with E-state index < -0.39 is 21.4 Å². The quantitative estimate of drug-likeness (QED) is 0.235. The summed E-state index contributed by atoms with van der Waals surface area (Å²) in [6.07, 6.45) is 10.3. The Balaban J connectivity index is 1.54. The first-order valence-electron chi connectivity index (χ1n) is 12.0. The van der Waals surface area contributed by atoms with Gasteiger partial charge >= 0.3 is 6.09 Å². The first-order chi connectivity index (χ1) is 17.3. The van der Waals surface area contributed by atoms with Crippen molar-refractivity contribution in [2.24, 2.45) is 0 Å². The van der Waals surface area contributed by atoms with E-state index in [0.29, 0.717) is 43.9 Å². The number of aromatic nitrogens is 3. The fraction of sp³-hybridized carbons (Fsp3) is 0.500. The average molecular weight is 645 g/mol. The number of carbonyl (C=O) groups is 1. The number of hydrogen-bond acceptors (Lipinski definition) is 6. The summed E-state index contributed by atoms with van der Waals surface area (Å²) in [6, 6.07) is 3.13. The Kier molecular flexibility index (Phi) is 8.25. The van der Waals surface area contributed by atoms with Crippen LogP contribution in [-0.2, 0) is 29.2 Å². The molecule has 0 unspecified atom stereocenters. The van der Waals surface area contributed by atoms with Crippen LogP contribution in [0.1, 0.15) is 31.9 Å². The van der Waals surface area contributed by atoms with Crippen LogP contribution in [0.25, 0.3) is 11.0 Å². The van der Waals surface area contributed by atoms with E-state index in [0.717, 1.165) is 20.4 Å². The van der Waals surface area contributed by atoms with Crippen LogP contribution in [-0.4, -0.2) is 68.8 Å². The summed E-state index contributed by atoms with van der Waals surface area (Å²) in [4.78, 5) is 22.9. The standard InChI is InChI=1S/C26H34FIN4O4S/c1-26(2,3)36-25(33)31-8-7-17-11-19(27)21(12-18(17)13-31)35-24-22-20(28)14-32(23(22)29-15-30-24)16-34-9-10-37(4,5)6/h11-12,14-15H,7-10,13,16H2,1-6H3. The Morgan fingerprint density at radius 3 is 2.65 bits per heavy atom. The minimum absolute atomic E-state index is 0.0535. The maximum atomic E-state index is 15.1. The molecule has 0 bridgehead atoms. The van der Waals surface area contributed by atoms with Crippen molar-refractivity contribution in [3.63, 3.8) is 0 Å². The zero-order valence-corrected chi connectivity index (χ0v) is 25.1. The van der Waals surface area contributed by atoms with Gasteiger partial charge in [0.15, 0.2) is 11.6 Å². The number of halogens is 2. The summed E-state index contributed by atoms with van der Waals surface area (Å²) in [7, 11) is -0.630. The van der Waals surface area contributed by atoms with Gasteiger partial charge in [0.25, 0.3) is 0 Å². The number of carbonyl (C=O) groups excluding carboxylic acids is 1. The molecule has 37 heavy (non-hydrogen) atoms. The molecule has 0 fully saturated rings. The first-order valence-corrected chi connectivity index (χ1v) is 16.1. The monoisotopic (exact) mass is 644 g/mol. The zero-order valence-electron chi connectivity index (χ0n) is 22.1. The van der Waals surface area contributed by atoms with E-state index in [-0.39, 0.29) is 17.7 Å². The second kappa shape index (κ2) is 10.9. The van der Waals surface area contributed by atoms with Crippen LogP contribution in [0.2, 0.25) is 0 Å². The van der Waals surface area contributed by atoms with Crippen LogP contribution in [0.4, 0.5) is 9.18 Å². The lowest BCUT2D eigenvalue weighted by molar-refractivity contribution is 0.0223. The van der Waals surface area contributed by atoms with Crippen LogP contribution in [0.3, 0.4) is 0 Å². The summed E-state index contributed by atoms with van der Waals surface area (Å²) in [5.74, 6) is 0.873. The third-order valence-corrected chi connectivity index (χ3v) is 7.98. The van der Waals surface area contributed by atoms with E-state index in [9.17, 15) is 4.79 Å². The van der Waals surface area contributed by atoms with Gasteiger partial charge in [-0.3, -0.25) is 0 Å². The molecule has 0 radical (unpaired) electrons. The summed E-state index contributed by atoms with van der Waals surface area (Å²) in [5, 5.41) is 0.695. The van der Waals surface area contributed by atoms with Crippen LogP contribution >= 0.6 is 32.6 Å². The molecule has 1 amide bonds. The molecule has 1 aliphatic heterocycles. The lowest BCUT2D eigenvalue weighted by Crippen LogP contribution is -2.39. The molecule has 4 rings (SSSR count). The molecule has 8 nitrogen and oxygen atoms in total. The minimum Gasteiger partial charge on any atom is -0.444 e. The van der Waals surface area contributed by atoms with Gasteiger partial charge in [0.05, 0.1) is 12.0 Å². The summed E-state index contributed by atoms with van der Waals surface area (Å²) in [6.45, 7) is 7.32. The highest BCUT2D eigenvalue weighted by Gasteiger charge is 2.27. The van der Waals surface area contributed by atoms with Gasteiger partial charge in [-0.15, -0.1) is 0 Å². The van der Waals surface area contributed by atoms with Gasteiger partial charge in [0.2, 0.25) is 5.88 Å². The predicted octanol–water partition coefficient (Wildman–Crippen LogP) is 5.93. The number of hydrogen-bond donors (Lipinski definition) is 0. The highest BCUT2D eigenvalue weighted by Crippen LogP contribution is 2.36. The molecule has 0 N–H and O–H groups in total. The summed E-state index contributed by atoms with van der Waals surface area (Å²) >= 11 is 2.20. The Hall–Kier alpha value is -2.12. The Labute approximate surface area is 232 Å². The number of amides is 1. The smallest absolute Gasteiger partial charge is 0.410 e. The van der Waals surface area contributed by atoms with Gasteiger partial charge in [-0.2, -0.15) is 0 Å². The third-order valence-electron chi connectivity index (χ3n) is 5.77. The van der Waals surface area contributed by atoms with Crippen molar-refractivity contribution in [2.75, 3.05) is 37.7 Å². The van der Waals surface area contributed by atoms with Gasteiger partial charge in [0.1, 0.15) is 24.3 Å². The second-order valence-electron chi connectivity index (χ2n) is 11.0. The van der Waals surface area contributed by atoms with Gasteiger partial charge < -0.3 is 23.7 Å². The van der Waals surface area contributed by atoms with Crippen molar-refractivity contribution in [3.8, 4) is 11.6 Å². The Morgan fingerprint density at radius 2 is 1.95 bits per heavy atom. The van der Waals surface area contributed by atoms with E-state index in [4.69, 9.17) is 14.2 Å². The molecule has 0 atom stereocenters. The number of ether oxygens (including phenoxy) is 3. The topological polar surface area (TPSA) is 78.7 Å². The van der Waals surface area contributed by atoms with E-state index >= 15 is 4.39 Å². The minimum atomic E-state index is -0.630. The lowest BCUT2D eigenvalue weighted by atomic mass is 9.99. The van der Waals surface area contributed by atoms with Crippen molar-refractivity contribution in [1.29, 1.82) is 0 Å². The summed E-state index contributed by atoms with van der Waals surface area (Å²) in [5.41, 5.74) is 1.75. The molecule has 0 spiro atoms. The molecule has 0 saturated carbocycles. The van der Waals surface area contributed by atoms with E-state index in [1.54, 1.807) is 11.0 Å². The summed E-state index contributed by atoms with van der Waals surface area (Å²) < 4.78 is 35.3. The van der Waals surface area contributed by atoms with E-state index in [1.165, 1.54) is 12.4 Å². The normalized spacial score (nSPS) is 14.5. The highest BCUT2D eigenvalue weighted by molar-refractivity contribution is 14.1. The van der Waals surface area contributed by atoms with Crippen LogP contribution in [0.5, 0.6) is 11.6 Å². The lowest BCUT2D eigenvalue weighted by Gasteiger charge is -2.31. The van der Waals surface area contributed by atoms with E-state index in [2.05, 4.69) is 51.3 Å². The molecular formula is C26H34FIN4O4S. The highest BCUT2D eigenvalue weighted by atomic mass is 127. The van der Waals surface area contributed by atoms with Crippen LogP contribution < -0.4 is 4.74 Å². The van der Waals surface area contributed by atoms with E-state index in [1.807, 2.05) is 31.5 Å². The molecule has 3 aromatic rings. The first kappa shape index (κ1) is 27.9. The number of fused-ring (bicyclic) bond motifs is 2. The molecule has 0 saturated heterocycles. The molecule has 202 valence electrons. The molecular weight excluding hydrogens is 610 g/mol. The Morgan fingerprint density at radius 1 is 1.19 bits per heavy atom. The average Bonchev–Trinajstić information content (AvgIpc) is 3.11. The maximum Gasteiger partial charge on any atom is 0.410 e. The zero-order chi connectivity index (χ0) is 27.0. The van der Waals surface area contributed by atoms with Crippen molar-refractivity contribution >= 4 is 49.7 Å². The van der Waals surface area contributed by atoms with Crippen molar-refractivity contribution in [2.45, 2.75) is 46.1 Å². The second-order valence-corrected chi connectivity index (χ2v) is 16.7. The molecule has 11 heteroatoms. The number of benzene rings is 1. The van der Waals surface area contributed by atoms with Crippen LogP contribution in [0, 0.1) is 9.39 Å². The predicted molar refractivity (Wildman–Crippen MR) is 153 cm³/mol. The molecule has 3 heterocycles. The molecule has 1 aromatic carbocycles. The molecule has 2 aromatic heterocycles. The number of rotatable bonds is 7. The molecule has 1 aliphatic rings. The Bertz CT molecular complexity index is 1300. The van der Waals surface area contributed by atoms with Gasteiger partial charge in [-0.1, -0.05) is 0 Å². The number of nitrogens with zero attached hydrogens (tertiary/aromatic N) is 4. The fourth-order valence-electron chi connectivity index (χ4n) is 3.92. The van der Waals surface area contributed by atoms with Gasteiger partial charge in [-0.25, -0.2) is 29.2 Å². The SMILES string of the molecule is CC(C)(C)OC(=O)N1CCc2cc(F)c(Oc3ncnc4c3c(I)cn4COCCS(C)(C)C)cc2C1. The maximum absolute atomic E-state index is 15.1. The van der Waals surface area contributed by atoms with Crippen molar-refractivity contribution < 1.29 is 23.4 Å². The van der Waals surface area contributed by atoms with Gasteiger partial charge in [-0.05, 0) is 91.8 Å².